The molecule has 0 aromatic rings. The van der Waals surface area contributed by atoms with Crippen molar-refractivity contribution >= 4 is 0 Å². The standard InChI is InChI=1S/C17H35N/c1-10-12-14(5,6)16(9)17(11-2,18-16)15(7,8)13(3)4/h13,18H,10-12H2,1-9H3. The lowest BCUT2D eigenvalue weighted by molar-refractivity contribution is 0.113. The average molecular weight is 253 g/mol. The molecule has 1 nitrogen and oxygen atoms in total. The first-order valence-electron chi connectivity index (χ1n) is 7.81. The van der Waals surface area contributed by atoms with Crippen LogP contribution in [0.3, 0.4) is 0 Å². The predicted molar refractivity (Wildman–Crippen MR) is 81.9 cm³/mol. The van der Waals surface area contributed by atoms with E-state index in [1.165, 1.54) is 19.3 Å². The molecule has 18 heavy (non-hydrogen) atoms. The summed E-state index contributed by atoms with van der Waals surface area (Å²) in [6, 6.07) is 0. The molecule has 1 aliphatic heterocycles. The van der Waals surface area contributed by atoms with Gasteiger partial charge in [-0.3, -0.25) is 0 Å². The summed E-state index contributed by atoms with van der Waals surface area (Å²) in [5.41, 5.74) is 1.27. The Labute approximate surface area is 115 Å². The van der Waals surface area contributed by atoms with E-state index in [2.05, 4.69) is 67.6 Å². The average Bonchev–Trinajstić information content (AvgIpc) is 2.88. The van der Waals surface area contributed by atoms with Gasteiger partial charge in [-0.25, -0.2) is 0 Å². The Morgan fingerprint density at radius 1 is 1.06 bits per heavy atom. The molecule has 1 saturated heterocycles. The zero-order valence-electron chi connectivity index (χ0n) is 14.2. The van der Waals surface area contributed by atoms with E-state index in [1.807, 2.05) is 0 Å². The SMILES string of the molecule is CCCC(C)(C)C1(C)NC1(CC)C(C)(C)C(C)C. The highest BCUT2D eigenvalue weighted by molar-refractivity contribution is 5.33. The minimum Gasteiger partial charge on any atom is -0.301 e. The molecule has 1 heteroatoms. The van der Waals surface area contributed by atoms with E-state index < -0.39 is 0 Å². The molecule has 0 radical (unpaired) electrons. The molecule has 2 unspecified atom stereocenters. The lowest BCUT2D eigenvalue weighted by atomic mass is 9.58. The normalized spacial score (nSPS) is 33.0. The fraction of sp³-hybridized carbons (Fsp3) is 1.00. The van der Waals surface area contributed by atoms with Crippen LogP contribution >= 0.6 is 0 Å². The van der Waals surface area contributed by atoms with E-state index in [0.29, 0.717) is 22.3 Å². The third-order valence-corrected chi connectivity index (χ3v) is 6.56. The summed E-state index contributed by atoms with van der Waals surface area (Å²) in [6.07, 6.45) is 3.79. The molecule has 0 amide bonds. The van der Waals surface area contributed by atoms with Gasteiger partial charge in [-0.05, 0) is 36.5 Å². The lowest BCUT2D eigenvalue weighted by Gasteiger charge is -2.44. The van der Waals surface area contributed by atoms with E-state index in [9.17, 15) is 0 Å². The van der Waals surface area contributed by atoms with Crippen molar-refractivity contribution in [3.05, 3.63) is 0 Å². The maximum atomic E-state index is 3.96. The van der Waals surface area contributed by atoms with Crippen molar-refractivity contribution < 1.29 is 0 Å². The van der Waals surface area contributed by atoms with Gasteiger partial charge in [0.25, 0.3) is 0 Å². The van der Waals surface area contributed by atoms with Crippen LogP contribution in [0.25, 0.3) is 0 Å². The summed E-state index contributed by atoms with van der Waals surface area (Å²) in [5.74, 6) is 0.698. The zero-order valence-corrected chi connectivity index (χ0v) is 14.2. The third-order valence-electron chi connectivity index (χ3n) is 6.56. The monoisotopic (exact) mass is 253 g/mol. The number of nitrogens with one attached hydrogen (secondary N) is 1. The second-order valence-corrected chi connectivity index (χ2v) is 8.02. The highest BCUT2D eigenvalue weighted by Crippen LogP contribution is 2.63. The molecular weight excluding hydrogens is 218 g/mol. The van der Waals surface area contributed by atoms with Crippen molar-refractivity contribution in [1.82, 2.24) is 5.32 Å². The van der Waals surface area contributed by atoms with Gasteiger partial charge in [0.05, 0.1) is 0 Å². The molecule has 0 bridgehead atoms. The fourth-order valence-corrected chi connectivity index (χ4v) is 4.21. The first kappa shape index (κ1) is 16.0. The molecule has 0 aromatic carbocycles. The maximum Gasteiger partial charge on any atom is 0.0423 e. The van der Waals surface area contributed by atoms with Gasteiger partial charge in [-0.15, -0.1) is 0 Å². The summed E-state index contributed by atoms with van der Waals surface area (Å²) in [6.45, 7) is 21.6. The second kappa shape index (κ2) is 4.51. The maximum absolute atomic E-state index is 3.96. The Bertz CT molecular complexity index is 303. The molecule has 1 aliphatic rings. The molecule has 108 valence electrons. The third kappa shape index (κ3) is 1.85. The fourth-order valence-electron chi connectivity index (χ4n) is 4.21. The Kier molecular flexibility index (Phi) is 4.01. The van der Waals surface area contributed by atoms with Crippen LogP contribution in [0.4, 0.5) is 0 Å². The van der Waals surface area contributed by atoms with E-state index in [1.54, 1.807) is 0 Å². The molecular formula is C17H35N. The Morgan fingerprint density at radius 2 is 1.56 bits per heavy atom. The highest BCUT2D eigenvalue weighted by atomic mass is 15.3. The van der Waals surface area contributed by atoms with Crippen LogP contribution in [0.1, 0.15) is 81.6 Å². The summed E-state index contributed by atoms with van der Waals surface area (Å²) in [7, 11) is 0. The van der Waals surface area contributed by atoms with Crippen molar-refractivity contribution in [2.75, 3.05) is 0 Å². The first-order chi connectivity index (χ1) is 8.02. The van der Waals surface area contributed by atoms with Crippen LogP contribution in [0.2, 0.25) is 0 Å². The van der Waals surface area contributed by atoms with Crippen molar-refractivity contribution in [3.63, 3.8) is 0 Å². The predicted octanol–water partition coefficient (Wildman–Crippen LogP) is 5.01. The van der Waals surface area contributed by atoms with Gasteiger partial charge in [0.1, 0.15) is 0 Å². The van der Waals surface area contributed by atoms with Gasteiger partial charge < -0.3 is 5.32 Å². The molecule has 2 atom stereocenters. The van der Waals surface area contributed by atoms with E-state index in [0.717, 1.165) is 0 Å². The summed E-state index contributed by atoms with van der Waals surface area (Å²) < 4.78 is 0. The van der Waals surface area contributed by atoms with Gasteiger partial charge in [-0.1, -0.05) is 61.8 Å². The van der Waals surface area contributed by atoms with Gasteiger partial charge >= 0.3 is 0 Å². The molecule has 1 fully saturated rings. The highest BCUT2D eigenvalue weighted by Gasteiger charge is 2.74. The van der Waals surface area contributed by atoms with E-state index in [4.69, 9.17) is 0 Å². The number of hydrogen-bond donors (Lipinski definition) is 1. The summed E-state index contributed by atoms with van der Waals surface area (Å²) >= 11 is 0. The van der Waals surface area contributed by atoms with Gasteiger partial charge in [0.15, 0.2) is 0 Å². The number of hydrogen-bond acceptors (Lipinski definition) is 1. The van der Waals surface area contributed by atoms with Crippen LogP contribution in [-0.4, -0.2) is 11.1 Å². The van der Waals surface area contributed by atoms with Crippen molar-refractivity contribution in [3.8, 4) is 0 Å². The Hall–Kier alpha value is -0.0400. The second-order valence-electron chi connectivity index (χ2n) is 8.02. The first-order valence-corrected chi connectivity index (χ1v) is 7.81. The van der Waals surface area contributed by atoms with Crippen LogP contribution < -0.4 is 5.32 Å². The van der Waals surface area contributed by atoms with Gasteiger partial charge in [-0.2, -0.15) is 0 Å². The molecule has 0 spiro atoms. The Morgan fingerprint density at radius 3 is 1.89 bits per heavy atom. The minimum atomic E-state index is 0.276. The van der Waals surface area contributed by atoms with E-state index >= 15 is 0 Å². The van der Waals surface area contributed by atoms with Gasteiger partial charge in [0.2, 0.25) is 0 Å². The lowest BCUT2D eigenvalue weighted by Crippen LogP contribution is -2.47. The van der Waals surface area contributed by atoms with Crippen LogP contribution in [0, 0.1) is 16.7 Å². The quantitative estimate of drug-likeness (QED) is 0.661. The molecule has 1 N–H and O–H groups in total. The number of rotatable bonds is 6. The zero-order chi connectivity index (χ0) is 14.4. The molecule has 0 aliphatic carbocycles. The Balaban J connectivity index is 3.11. The molecule has 0 saturated carbocycles. The van der Waals surface area contributed by atoms with Crippen molar-refractivity contribution in [1.29, 1.82) is 0 Å². The molecule has 1 heterocycles. The van der Waals surface area contributed by atoms with Crippen LogP contribution in [0.15, 0.2) is 0 Å². The van der Waals surface area contributed by atoms with Crippen LogP contribution in [-0.2, 0) is 0 Å². The van der Waals surface area contributed by atoms with Crippen LogP contribution in [0.5, 0.6) is 0 Å². The van der Waals surface area contributed by atoms with E-state index in [-0.39, 0.29) is 5.54 Å². The van der Waals surface area contributed by atoms with Crippen molar-refractivity contribution in [2.24, 2.45) is 16.7 Å². The largest absolute Gasteiger partial charge is 0.301 e. The molecule has 0 aromatic heterocycles. The topological polar surface area (TPSA) is 21.9 Å². The van der Waals surface area contributed by atoms with Crippen molar-refractivity contribution in [2.45, 2.75) is 92.7 Å². The summed E-state index contributed by atoms with van der Waals surface area (Å²) in [5, 5.41) is 3.96. The smallest absolute Gasteiger partial charge is 0.0423 e. The minimum absolute atomic E-state index is 0.276. The molecule has 1 rings (SSSR count). The summed E-state index contributed by atoms with van der Waals surface area (Å²) in [4.78, 5) is 0. The van der Waals surface area contributed by atoms with Gasteiger partial charge in [0, 0.05) is 11.1 Å².